The van der Waals surface area contributed by atoms with Crippen molar-refractivity contribution >= 4 is 11.9 Å². The molecule has 0 radical (unpaired) electrons. The zero-order valence-corrected chi connectivity index (χ0v) is 9.91. The summed E-state index contributed by atoms with van der Waals surface area (Å²) < 4.78 is 63.7. The van der Waals surface area contributed by atoms with E-state index in [0.29, 0.717) is 19.2 Å². The van der Waals surface area contributed by atoms with Crippen LogP contribution in [0.25, 0.3) is 0 Å². The van der Waals surface area contributed by atoms with Gasteiger partial charge in [-0.25, -0.2) is 13.6 Å². The van der Waals surface area contributed by atoms with Gasteiger partial charge in [-0.05, 0) is 12.1 Å². The average Bonchev–Trinajstić information content (AvgIpc) is 2.30. The summed E-state index contributed by atoms with van der Waals surface area (Å²) in [6, 6.07) is -0.149. The van der Waals surface area contributed by atoms with Crippen molar-refractivity contribution in [3.63, 3.8) is 0 Å². The van der Waals surface area contributed by atoms with E-state index in [1.54, 1.807) is 0 Å². The SMILES string of the molecule is CN(C(=O)C(F)(F)F)C(C(=O)O)c1c(F)cccc1F. The highest BCUT2D eigenvalue weighted by molar-refractivity contribution is 5.87. The Bertz CT molecular complexity index is 523. The number of amides is 1. The van der Waals surface area contributed by atoms with Crippen LogP contribution < -0.4 is 0 Å². The van der Waals surface area contributed by atoms with Gasteiger partial charge in [0.2, 0.25) is 0 Å². The maximum absolute atomic E-state index is 13.5. The Labute approximate surface area is 109 Å². The van der Waals surface area contributed by atoms with E-state index in [2.05, 4.69) is 0 Å². The minimum atomic E-state index is -5.36. The normalized spacial score (nSPS) is 12.9. The smallest absolute Gasteiger partial charge is 0.471 e. The summed E-state index contributed by atoms with van der Waals surface area (Å²) in [5.74, 6) is -7.24. The molecule has 1 unspecified atom stereocenters. The van der Waals surface area contributed by atoms with Crippen LogP contribution in [0.3, 0.4) is 0 Å². The summed E-state index contributed by atoms with van der Waals surface area (Å²) in [5, 5.41) is 8.87. The first kappa shape index (κ1) is 15.9. The number of halogens is 5. The molecule has 4 nitrogen and oxygen atoms in total. The fourth-order valence-corrected chi connectivity index (χ4v) is 1.57. The standard InChI is InChI=1S/C11H8F5NO3/c1-17(10(20)11(14,15)16)8(9(18)19)7-5(12)3-2-4-6(7)13/h2-4,8H,1H3,(H,18,19). The number of carboxylic acid groups (broad SMARTS) is 1. The second kappa shape index (κ2) is 5.43. The van der Waals surface area contributed by atoms with Crippen LogP contribution >= 0.6 is 0 Å². The van der Waals surface area contributed by atoms with E-state index >= 15 is 0 Å². The monoisotopic (exact) mass is 297 g/mol. The van der Waals surface area contributed by atoms with Crippen molar-refractivity contribution in [1.82, 2.24) is 4.90 Å². The molecule has 0 saturated heterocycles. The van der Waals surface area contributed by atoms with Crippen LogP contribution in [0, 0.1) is 11.6 Å². The van der Waals surface area contributed by atoms with Gasteiger partial charge in [0.15, 0.2) is 6.04 Å². The average molecular weight is 297 g/mol. The van der Waals surface area contributed by atoms with E-state index in [9.17, 15) is 31.5 Å². The number of nitrogens with zero attached hydrogens (tertiary/aromatic N) is 1. The molecule has 20 heavy (non-hydrogen) atoms. The Hall–Kier alpha value is -2.19. The van der Waals surface area contributed by atoms with Crippen LogP contribution in [-0.4, -0.2) is 35.1 Å². The molecule has 0 aliphatic heterocycles. The van der Waals surface area contributed by atoms with E-state index in [-0.39, 0.29) is 4.90 Å². The number of aliphatic carboxylic acids is 1. The number of alkyl halides is 3. The van der Waals surface area contributed by atoms with Gasteiger partial charge >= 0.3 is 18.1 Å². The molecule has 0 saturated carbocycles. The van der Waals surface area contributed by atoms with Crippen molar-refractivity contribution in [3.8, 4) is 0 Å². The summed E-state index contributed by atoms with van der Waals surface area (Å²) >= 11 is 0. The molecule has 1 aromatic carbocycles. The van der Waals surface area contributed by atoms with Crippen LogP contribution in [0.5, 0.6) is 0 Å². The Balaban J connectivity index is 3.33. The number of carboxylic acids is 1. The molecule has 1 rings (SSSR count). The molecular weight excluding hydrogens is 289 g/mol. The molecule has 1 aromatic rings. The van der Waals surface area contributed by atoms with Crippen LogP contribution in [0.4, 0.5) is 22.0 Å². The highest BCUT2D eigenvalue weighted by atomic mass is 19.4. The van der Waals surface area contributed by atoms with E-state index in [0.717, 1.165) is 6.07 Å². The number of carbonyl (C=O) groups excluding carboxylic acids is 1. The second-order valence-corrected chi connectivity index (χ2v) is 3.79. The zero-order valence-electron chi connectivity index (χ0n) is 9.91. The van der Waals surface area contributed by atoms with Gasteiger partial charge in [-0.3, -0.25) is 4.79 Å². The van der Waals surface area contributed by atoms with Gasteiger partial charge < -0.3 is 10.0 Å². The third-order valence-electron chi connectivity index (χ3n) is 2.46. The van der Waals surface area contributed by atoms with Crippen molar-refractivity contribution in [1.29, 1.82) is 0 Å². The van der Waals surface area contributed by atoms with Gasteiger partial charge in [0.05, 0.1) is 5.56 Å². The third kappa shape index (κ3) is 3.03. The Morgan fingerprint density at radius 3 is 2.00 bits per heavy atom. The van der Waals surface area contributed by atoms with E-state index < -0.39 is 41.3 Å². The van der Waals surface area contributed by atoms with E-state index in [1.807, 2.05) is 0 Å². The largest absolute Gasteiger partial charge is 0.479 e. The number of rotatable bonds is 3. The maximum atomic E-state index is 13.5. The van der Waals surface area contributed by atoms with Gasteiger partial charge in [0.1, 0.15) is 11.6 Å². The van der Waals surface area contributed by atoms with Crippen LogP contribution in [0.15, 0.2) is 18.2 Å². The first-order valence-electron chi connectivity index (χ1n) is 5.08. The van der Waals surface area contributed by atoms with Gasteiger partial charge in [0, 0.05) is 7.05 Å². The molecule has 0 aromatic heterocycles. The fraction of sp³-hybridized carbons (Fsp3) is 0.273. The van der Waals surface area contributed by atoms with Crippen LogP contribution in [-0.2, 0) is 9.59 Å². The van der Waals surface area contributed by atoms with Gasteiger partial charge in [-0.15, -0.1) is 0 Å². The molecule has 0 aliphatic carbocycles. The highest BCUT2D eigenvalue weighted by Gasteiger charge is 2.46. The maximum Gasteiger partial charge on any atom is 0.471 e. The van der Waals surface area contributed by atoms with Crippen molar-refractivity contribution in [2.24, 2.45) is 0 Å². The summed E-state index contributed by atoms with van der Waals surface area (Å²) in [4.78, 5) is 21.7. The second-order valence-electron chi connectivity index (χ2n) is 3.79. The fourth-order valence-electron chi connectivity index (χ4n) is 1.57. The van der Waals surface area contributed by atoms with E-state index in [1.165, 1.54) is 0 Å². The Morgan fingerprint density at radius 2 is 1.65 bits per heavy atom. The quantitative estimate of drug-likeness (QED) is 0.869. The summed E-state index contributed by atoms with van der Waals surface area (Å²) in [7, 11) is 0.500. The molecule has 0 spiro atoms. The summed E-state index contributed by atoms with van der Waals surface area (Å²) in [6.45, 7) is 0. The first-order chi connectivity index (χ1) is 9.07. The lowest BCUT2D eigenvalue weighted by Gasteiger charge is -2.26. The third-order valence-corrected chi connectivity index (χ3v) is 2.46. The summed E-state index contributed by atoms with van der Waals surface area (Å²) in [5.41, 5.74) is -1.14. The zero-order chi connectivity index (χ0) is 15.7. The lowest BCUT2D eigenvalue weighted by molar-refractivity contribution is -0.188. The molecule has 1 amide bonds. The molecule has 0 fully saturated rings. The number of carbonyl (C=O) groups is 2. The topological polar surface area (TPSA) is 57.6 Å². The van der Waals surface area contributed by atoms with Crippen molar-refractivity contribution < 1.29 is 36.6 Å². The summed E-state index contributed by atoms with van der Waals surface area (Å²) in [6.07, 6.45) is -5.36. The van der Waals surface area contributed by atoms with Crippen molar-refractivity contribution in [2.45, 2.75) is 12.2 Å². The highest BCUT2D eigenvalue weighted by Crippen LogP contribution is 2.29. The number of hydrogen-bond acceptors (Lipinski definition) is 2. The van der Waals surface area contributed by atoms with Gasteiger partial charge in [0.25, 0.3) is 0 Å². The molecule has 9 heteroatoms. The molecule has 1 atom stereocenters. The molecule has 1 N–H and O–H groups in total. The number of likely N-dealkylation sites (N-methyl/N-ethyl adjacent to an activating group) is 1. The lowest BCUT2D eigenvalue weighted by atomic mass is 10.0. The molecule has 0 aliphatic rings. The number of hydrogen-bond donors (Lipinski definition) is 1. The van der Waals surface area contributed by atoms with Crippen LogP contribution in [0.1, 0.15) is 11.6 Å². The molecule has 0 heterocycles. The Kier molecular flexibility index (Phi) is 4.31. The first-order valence-corrected chi connectivity index (χ1v) is 5.08. The van der Waals surface area contributed by atoms with E-state index in [4.69, 9.17) is 5.11 Å². The van der Waals surface area contributed by atoms with Crippen LogP contribution in [0.2, 0.25) is 0 Å². The Morgan fingerprint density at radius 1 is 1.20 bits per heavy atom. The molecule has 0 bridgehead atoms. The predicted molar refractivity (Wildman–Crippen MR) is 55.6 cm³/mol. The van der Waals surface area contributed by atoms with Crippen molar-refractivity contribution in [2.75, 3.05) is 7.05 Å². The van der Waals surface area contributed by atoms with Gasteiger partial charge in [-0.1, -0.05) is 6.07 Å². The van der Waals surface area contributed by atoms with Gasteiger partial charge in [-0.2, -0.15) is 13.2 Å². The molecule has 110 valence electrons. The van der Waals surface area contributed by atoms with Crippen molar-refractivity contribution in [3.05, 3.63) is 35.4 Å². The number of benzene rings is 1. The minimum Gasteiger partial charge on any atom is -0.479 e. The minimum absolute atomic E-state index is 0.274. The molecular formula is C11H8F5NO3. The predicted octanol–water partition coefficient (Wildman–Crippen LogP) is 2.11. The lowest BCUT2D eigenvalue weighted by Crippen LogP contribution is -2.43.